The summed E-state index contributed by atoms with van der Waals surface area (Å²) < 4.78 is 40.9. The van der Waals surface area contributed by atoms with Crippen molar-refractivity contribution in [3.8, 4) is 11.5 Å². The second kappa shape index (κ2) is 6.88. The van der Waals surface area contributed by atoms with E-state index < -0.39 is 17.9 Å². The number of rotatable bonds is 3. The van der Waals surface area contributed by atoms with Gasteiger partial charge in [0, 0.05) is 12.0 Å². The van der Waals surface area contributed by atoms with Crippen LogP contribution >= 0.6 is 0 Å². The molecule has 3 aromatic carbocycles. The lowest BCUT2D eigenvalue weighted by Gasteiger charge is -2.38. The topological polar surface area (TPSA) is 34.1 Å². The fraction of sp³-hybridized carbons (Fsp3) is 0.174. The molecule has 0 aromatic heterocycles. The van der Waals surface area contributed by atoms with E-state index in [1.54, 1.807) is 18.2 Å². The van der Waals surface area contributed by atoms with E-state index in [1.165, 1.54) is 18.2 Å². The molecular formula is C23H18F2N2O2. The summed E-state index contributed by atoms with van der Waals surface area (Å²) in [6.07, 6.45) is -0.439. The van der Waals surface area contributed by atoms with Crippen molar-refractivity contribution in [2.75, 3.05) is 7.11 Å². The zero-order chi connectivity index (χ0) is 20.0. The third-order valence-electron chi connectivity index (χ3n) is 5.35. The third kappa shape index (κ3) is 2.83. The summed E-state index contributed by atoms with van der Waals surface area (Å²) in [7, 11) is 1.55. The highest BCUT2D eigenvalue weighted by atomic mass is 19.1. The van der Waals surface area contributed by atoms with Gasteiger partial charge in [0.15, 0.2) is 11.5 Å². The molecule has 2 aliphatic heterocycles. The predicted molar refractivity (Wildman–Crippen MR) is 105 cm³/mol. The zero-order valence-corrected chi connectivity index (χ0v) is 15.7. The highest BCUT2D eigenvalue weighted by Gasteiger charge is 2.43. The SMILES string of the molecule is COc1cccc2c1O[C@@H](c1c(F)cccc1F)N1N=C(c3ccccc3)C[C@@H]21. The minimum absolute atomic E-state index is 0.160. The Labute approximate surface area is 167 Å². The van der Waals surface area contributed by atoms with E-state index in [0.717, 1.165) is 16.8 Å². The molecule has 0 bridgehead atoms. The molecule has 0 radical (unpaired) electrons. The summed E-state index contributed by atoms with van der Waals surface area (Å²) in [6, 6.07) is 18.9. The first-order chi connectivity index (χ1) is 14.2. The minimum Gasteiger partial charge on any atom is -0.493 e. The van der Waals surface area contributed by atoms with Gasteiger partial charge in [0.2, 0.25) is 6.23 Å². The average molecular weight is 392 g/mol. The lowest BCUT2D eigenvalue weighted by molar-refractivity contribution is -0.0253. The van der Waals surface area contributed by atoms with Crippen LogP contribution in [0.15, 0.2) is 71.8 Å². The van der Waals surface area contributed by atoms with Crippen LogP contribution in [0, 0.1) is 11.6 Å². The van der Waals surface area contributed by atoms with Crippen LogP contribution in [0.4, 0.5) is 8.78 Å². The molecule has 0 fully saturated rings. The Morgan fingerprint density at radius 2 is 1.69 bits per heavy atom. The summed E-state index contributed by atoms with van der Waals surface area (Å²) in [5, 5.41) is 6.38. The van der Waals surface area contributed by atoms with Gasteiger partial charge in [-0.3, -0.25) is 0 Å². The molecule has 0 N–H and O–H groups in total. The van der Waals surface area contributed by atoms with Crippen LogP contribution < -0.4 is 9.47 Å². The molecule has 0 saturated heterocycles. The largest absolute Gasteiger partial charge is 0.493 e. The van der Waals surface area contributed by atoms with E-state index in [1.807, 2.05) is 42.5 Å². The first-order valence-corrected chi connectivity index (χ1v) is 9.36. The lowest BCUT2D eigenvalue weighted by Crippen LogP contribution is -2.35. The fourth-order valence-corrected chi connectivity index (χ4v) is 3.99. The van der Waals surface area contributed by atoms with Crippen LogP contribution in [-0.2, 0) is 0 Å². The minimum atomic E-state index is -1.04. The zero-order valence-electron chi connectivity index (χ0n) is 15.7. The van der Waals surface area contributed by atoms with Gasteiger partial charge >= 0.3 is 0 Å². The second-order valence-electron chi connectivity index (χ2n) is 7.00. The third-order valence-corrected chi connectivity index (χ3v) is 5.35. The maximum atomic E-state index is 14.6. The lowest BCUT2D eigenvalue weighted by atomic mass is 9.95. The van der Waals surface area contributed by atoms with E-state index in [9.17, 15) is 8.78 Å². The summed E-state index contributed by atoms with van der Waals surface area (Å²) in [4.78, 5) is 0. The van der Waals surface area contributed by atoms with Crippen molar-refractivity contribution in [2.24, 2.45) is 5.10 Å². The Bertz CT molecular complexity index is 1080. The Morgan fingerprint density at radius 1 is 0.966 bits per heavy atom. The van der Waals surface area contributed by atoms with Crippen LogP contribution in [0.1, 0.15) is 35.4 Å². The monoisotopic (exact) mass is 392 g/mol. The molecule has 146 valence electrons. The maximum absolute atomic E-state index is 14.6. The van der Waals surface area contributed by atoms with Crippen molar-refractivity contribution in [2.45, 2.75) is 18.7 Å². The van der Waals surface area contributed by atoms with Gasteiger partial charge in [0.25, 0.3) is 0 Å². The molecule has 0 amide bonds. The number of hydrazone groups is 1. The van der Waals surface area contributed by atoms with Crippen LogP contribution in [-0.4, -0.2) is 17.8 Å². The number of hydrogen-bond acceptors (Lipinski definition) is 4. The molecule has 0 spiro atoms. The summed E-state index contributed by atoms with van der Waals surface area (Å²) >= 11 is 0. The fourth-order valence-electron chi connectivity index (χ4n) is 3.99. The molecule has 5 rings (SSSR count). The van der Waals surface area contributed by atoms with Crippen molar-refractivity contribution in [3.05, 3.63) is 95.1 Å². The smallest absolute Gasteiger partial charge is 0.219 e. The standard InChI is InChI=1S/C23H18F2N2O2/c1-28-20-12-5-9-15-19-13-18(14-7-3-2-4-8-14)26-27(19)23(29-22(15)20)21-16(24)10-6-11-17(21)25/h2-12,19,23H,13H2,1H3/t19-,23-/m0/s1. The van der Waals surface area contributed by atoms with Crippen LogP contribution in [0.25, 0.3) is 0 Å². The van der Waals surface area contributed by atoms with E-state index in [0.29, 0.717) is 17.9 Å². The number of hydrogen-bond donors (Lipinski definition) is 0. The molecule has 2 atom stereocenters. The van der Waals surface area contributed by atoms with Gasteiger partial charge in [0.05, 0.1) is 24.4 Å². The Hall–Kier alpha value is -3.41. The van der Waals surface area contributed by atoms with Gasteiger partial charge in [-0.05, 0) is 23.8 Å². The van der Waals surface area contributed by atoms with Gasteiger partial charge < -0.3 is 9.47 Å². The molecule has 6 heteroatoms. The van der Waals surface area contributed by atoms with Gasteiger partial charge in [-0.25, -0.2) is 13.8 Å². The number of halogens is 2. The average Bonchev–Trinajstić information content (AvgIpc) is 3.20. The van der Waals surface area contributed by atoms with Gasteiger partial charge in [-0.1, -0.05) is 48.5 Å². The molecule has 0 saturated carbocycles. The molecule has 0 aliphatic carbocycles. The quantitative estimate of drug-likeness (QED) is 0.613. The number of methoxy groups -OCH3 is 1. The Kier molecular flexibility index (Phi) is 4.19. The summed E-state index contributed by atoms with van der Waals surface area (Å²) in [5.74, 6) is -0.323. The first-order valence-electron chi connectivity index (χ1n) is 9.36. The number of nitrogens with zero attached hydrogens (tertiary/aromatic N) is 2. The molecule has 2 heterocycles. The van der Waals surface area contributed by atoms with Gasteiger partial charge in [-0.2, -0.15) is 5.10 Å². The van der Waals surface area contributed by atoms with E-state index in [4.69, 9.17) is 14.6 Å². The molecule has 4 nitrogen and oxygen atoms in total. The highest BCUT2D eigenvalue weighted by Crippen LogP contribution is 2.51. The van der Waals surface area contributed by atoms with Crippen molar-refractivity contribution >= 4 is 5.71 Å². The first kappa shape index (κ1) is 17.7. The summed E-state index contributed by atoms with van der Waals surface area (Å²) in [5.41, 5.74) is 2.54. The number of ether oxygens (including phenoxy) is 2. The number of fused-ring (bicyclic) bond motifs is 3. The van der Waals surface area contributed by atoms with Gasteiger partial charge in [-0.15, -0.1) is 0 Å². The van der Waals surface area contributed by atoms with E-state index in [-0.39, 0.29) is 11.6 Å². The number of benzene rings is 3. The molecule has 29 heavy (non-hydrogen) atoms. The predicted octanol–water partition coefficient (Wildman–Crippen LogP) is 5.22. The number of para-hydroxylation sites is 1. The summed E-state index contributed by atoms with van der Waals surface area (Å²) in [6.45, 7) is 0. The van der Waals surface area contributed by atoms with E-state index >= 15 is 0 Å². The molecular weight excluding hydrogens is 374 g/mol. The maximum Gasteiger partial charge on any atom is 0.219 e. The highest BCUT2D eigenvalue weighted by molar-refractivity contribution is 6.01. The second-order valence-corrected chi connectivity index (χ2v) is 7.00. The Balaban J connectivity index is 1.67. The molecule has 3 aromatic rings. The van der Waals surface area contributed by atoms with Crippen LogP contribution in [0.5, 0.6) is 11.5 Å². The van der Waals surface area contributed by atoms with Gasteiger partial charge in [0.1, 0.15) is 11.6 Å². The van der Waals surface area contributed by atoms with Crippen molar-refractivity contribution < 1.29 is 18.3 Å². The Morgan fingerprint density at radius 3 is 2.41 bits per heavy atom. The normalized spacial score (nSPS) is 19.8. The molecule has 2 aliphatic rings. The van der Waals surface area contributed by atoms with E-state index in [2.05, 4.69) is 0 Å². The van der Waals surface area contributed by atoms with Crippen molar-refractivity contribution in [3.63, 3.8) is 0 Å². The van der Waals surface area contributed by atoms with Crippen molar-refractivity contribution in [1.82, 2.24) is 5.01 Å². The van der Waals surface area contributed by atoms with Crippen LogP contribution in [0.2, 0.25) is 0 Å². The van der Waals surface area contributed by atoms with Crippen LogP contribution in [0.3, 0.4) is 0 Å². The van der Waals surface area contributed by atoms with Crippen molar-refractivity contribution in [1.29, 1.82) is 0 Å². The molecule has 0 unspecified atom stereocenters.